The van der Waals surface area contributed by atoms with Crippen LogP contribution in [0.15, 0.2) is 30.4 Å². The molecule has 24 heavy (non-hydrogen) atoms. The minimum Gasteiger partial charge on any atom is -0.426 e. The van der Waals surface area contributed by atoms with Crippen molar-refractivity contribution in [1.82, 2.24) is 0 Å². The maximum absolute atomic E-state index is 13.5. The molecule has 0 radical (unpaired) electrons. The van der Waals surface area contributed by atoms with Gasteiger partial charge in [-0.3, -0.25) is 4.79 Å². The lowest BCUT2D eigenvalue weighted by Crippen LogP contribution is -2.25. The van der Waals surface area contributed by atoms with E-state index in [0.29, 0.717) is 5.92 Å². The van der Waals surface area contributed by atoms with Crippen molar-refractivity contribution < 1.29 is 13.9 Å². The normalized spacial score (nSPS) is 20.3. The minimum atomic E-state index is -0.683. The molecule has 0 aliphatic heterocycles. The number of carbonyl (C=O) groups excluding carboxylic acids is 1. The third kappa shape index (κ3) is 4.93. The Kier molecular flexibility index (Phi) is 6.51. The Morgan fingerprint density at radius 1 is 1.29 bits per heavy atom. The van der Waals surface area contributed by atoms with E-state index in [1.54, 1.807) is 6.07 Å². The molecule has 0 saturated heterocycles. The van der Waals surface area contributed by atoms with Crippen molar-refractivity contribution in [3.63, 3.8) is 0 Å². The fourth-order valence-corrected chi connectivity index (χ4v) is 3.00. The molecule has 1 saturated carbocycles. The van der Waals surface area contributed by atoms with Crippen molar-refractivity contribution in [1.29, 1.82) is 10.5 Å². The molecule has 0 atom stereocenters. The predicted octanol–water partition coefficient (Wildman–Crippen LogP) is 4.27. The first-order valence-electron chi connectivity index (χ1n) is 8.10. The van der Waals surface area contributed by atoms with Crippen molar-refractivity contribution in [2.45, 2.75) is 38.5 Å². The van der Waals surface area contributed by atoms with Crippen LogP contribution in [0, 0.1) is 40.3 Å². The van der Waals surface area contributed by atoms with Gasteiger partial charge < -0.3 is 4.74 Å². The van der Waals surface area contributed by atoms with Gasteiger partial charge in [0.05, 0.1) is 17.6 Å². The molecule has 0 bridgehead atoms. The van der Waals surface area contributed by atoms with Crippen LogP contribution in [0.25, 0.3) is 0 Å². The van der Waals surface area contributed by atoms with Crippen LogP contribution in [0.3, 0.4) is 0 Å². The number of nitriles is 2. The number of benzene rings is 1. The largest absolute Gasteiger partial charge is 0.426 e. The fraction of sp³-hybridized carbons (Fsp3) is 0.421. The van der Waals surface area contributed by atoms with Gasteiger partial charge in [-0.2, -0.15) is 10.5 Å². The zero-order chi connectivity index (χ0) is 17.4. The van der Waals surface area contributed by atoms with Crippen LogP contribution in [-0.4, -0.2) is 5.97 Å². The van der Waals surface area contributed by atoms with Gasteiger partial charge in [-0.05, 0) is 56.6 Å². The van der Waals surface area contributed by atoms with Crippen molar-refractivity contribution in [2.75, 3.05) is 0 Å². The highest BCUT2D eigenvalue weighted by Gasteiger charge is 2.27. The molecule has 1 aliphatic carbocycles. The third-order valence-corrected chi connectivity index (χ3v) is 4.39. The average molecular weight is 326 g/mol. The summed E-state index contributed by atoms with van der Waals surface area (Å²) in [6.45, 7) is 0. The maximum atomic E-state index is 13.5. The van der Waals surface area contributed by atoms with Crippen LogP contribution in [0.4, 0.5) is 4.39 Å². The van der Waals surface area contributed by atoms with Crippen molar-refractivity contribution in [3.05, 3.63) is 41.7 Å². The van der Waals surface area contributed by atoms with Crippen molar-refractivity contribution in [2.24, 2.45) is 11.8 Å². The van der Waals surface area contributed by atoms with E-state index in [1.807, 2.05) is 12.1 Å². The Labute approximate surface area is 141 Å². The number of rotatable bonds is 5. The first kappa shape index (κ1) is 17.7. The average Bonchev–Trinajstić information content (AvgIpc) is 2.59. The van der Waals surface area contributed by atoms with Gasteiger partial charge in [-0.25, -0.2) is 4.39 Å². The number of nitrogens with zero attached hydrogens (tertiary/aromatic N) is 2. The lowest BCUT2D eigenvalue weighted by molar-refractivity contribution is -0.140. The van der Waals surface area contributed by atoms with E-state index in [2.05, 4.69) is 0 Å². The molecular weight excluding hydrogens is 307 g/mol. The number of hydrogen-bond acceptors (Lipinski definition) is 4. The summed E-state index contributed by atoms with van der Waals surface area (Å²) >= 11 is 0. The minimum absolute atomic E-state index is 0.0687. The van der Waals surface area contributed by atoms with E-state index < -0.39 is 5.82 Å². The highest BCUT2D eigenvalue weighted by atomic mass is 19.1. The number of allylic oxidation sites excluding steroid dienone is 2. The van der Waals surface area contributed by atoms with Crippen LogP contribution < -0.4 is 4.74 Å². The van der Waals surface area contributed by atoms with E-state index in [0.717, 1.165) is 44.6 Å². The lowest BCUT2D eigenvalue weighted by atomic mass is 9.80. The van der Waals surface area contributed by atoms with Gasteiger partial charge in [0.15, 0.2) is 0 Å². The summed E-state index contributed by atoms with van der Waals surface area (Å²) < 4.78 is 18.8. The van der Waals surface area contributed by atoms with E-state index >= 15 is 0 Å². The van der Waals surface area contributed by atoms with Crippen LogP contribution in [0.2, 0.25) is 0 Å². The van der Waals surface area contributed by atoms with Gasteiger partial charge >= 0.3 is 5.97 Å². The van der Waals surface area contributed by atoms with E-state index in [9.17, 15) is 9.18 Å². The first-order chi connectivity index (χ1) is 11.6. The number of carbonyl (C=O) groups is 1. The zero-order valence-electron chi connectivity index (χ0n) is 13.4. The fourth-order valence-electron chi connectivity index (χ4n) is 3.00. The standard InChI is InChI=1S/C19H19FN2O2/c20-18-12-17(10-9-16(18)13-22)24-19(23)15-7-5-14(6-8-15)4-2-1-3-11-21/h1,3,9-10,12,14-15H,2,4-8H2/b3-1+. The zero-order valence-corrected chi connectivity index (χ0v) is 13.4. The summed E-state index contributed by atoms with van der Waals surface area (Å²) in [6, 6.07) is 7.53. The highest BCUT2D eigenvalue weighted by Crippen LogP contribution is 2.32. The van der Waals surface area contributed by atoms with Gasteiger partial charge in [-0.1, -0.05) is 6.08 Å². The molecule has 0 aromatic heterocycles. The molecule has 0 unspecified atom stereocenters. The van der Waals surface area contributed by atoms with Crippen LogP contribution in [0.5, 0.6) is 5.75 Å². The summed E-state index contributed by atoms with van der Waals surface area (Å²) in [5.41, 5.74) is -0.0687. The van der Waals surface area contributed by atoms with Crippen LogP contribution in [-0.2, 0) is 4.79 Å². The van der Waals surface area contributed by atoms with Crippen LogP contribution in [0.1, 0.15) is 44.1 Å². The summed E-state index contributed by atoms with van der Waals surface area (Å²) in [5, 5.41) is 17.1. The third-order valence-electron chi connectivity index (χ3n) is 4.39. The van der Waals surface area contributed by atoms with Crippen molar-refractivity contribution >= 4 is 5.97 Å². The Morgan fingerprint density at radius 2 is 2.04 bits per heavy atom. The second-order valence-electron chi connectivity index (χ2n) is 6.00. The molecule has 1 aromatic carbocycles. The van der Waals surface area contributed by atoms with Gasteiger partial charge in [0.1, 0.15) is 17.6 Å². The molecule has 0 heterocycles. The SMILES string of the molecule is N#C/C=C/CCC1CCC(C(=O)Oc2ccc(C#N)c(F)c2)CC1. The number of halogens is 1. The van der Waals surface area contributed by atoms with Crippen molar-refractivity contribution in [3.8, 4) is 17.9 Å². The Balaban J connectivity index is 1.81. The Bertz CT molecular complexity index is 692. The van der Waals surface area contributed by atoms with E-state index in [-0.39, 0.29) is 23.2 Å². The molecule has 1 fully saturated rings. The molecule has 0 N–H and O–H groups in total. The summed E-state index contributed by atoms with van der Waals surface area (Å²) in [4.78, 5) is 12.2. The molecule has 1 aliphatic rings. The summed E-state index contributed by atoms with van der Waals surface area (Å²) in [6.07, 6.45) is 8.75. The molecule has 4 nitrogen and oxygen atoms in total. The monoisotopic (exact) mass is 326 g/mol. The lowest BCUT2D eigenvalue weighted by Gasteiger charge is -2.26. The maximum Gasteiger partial charge on any atom is 0.314 e. The number of ether oxygens (including phenoxy) is 1. The van der Waals surface area contributed by atoms with Crippen LogP contribution >= 0.6 is 0 Å². The first-order valence-corrected chi connectivity index (χ1v) is 8.10. The molecule has 5 heteroatoms. The molecular formula is C19H19FN2O2. The topological polar surface area (TPSA) is 73.9 Å². The molecule has 0 spiro atoms. The van der Waals surface area contributed by atoms with E-state index in [4.69, 9.17) is 15.3 Å². The summed E-state index contributed by atoms with van der Waals surface area (Å²) in [7, 11) is 0. The quantitative estimate of drug-likeness (QED) is 0.460. The molecule has 0 amide bonds. The predicted molar refractivity (Wildman–Crippen MR) is 86.2 cm³/mol. The Hall–Kier alpha value is -2.66. The second kappa shape index (κ2) is 8.84. The Morgan fingerprint density at radius 3 is 2.67 bits per heavy atom. The number of hydrogen-bond donors (Lipinski definition) is 0. The molecule has 1 aromatic rings. The van der Waals surface area contributed by atoms with Gasteiger partial charge in [0.25, 0.3) is 0 Å². The van der Waals surface area contributed by atoms with Gasteiger partial charge in [0, 0.05) is 12.1 Å². The summed E-state index contributed by atoms with van der Waals surface area (Å²) in [5.74, 6) is -0.460. The highest BCUT2D eigenvalue weighted by molar-refractivity contribution is 5.75. The van der Waals surface area contributed by atoms with Gasteiger partial charge in [0.2, 0.25) is 0 Å². The van der Waals surface area contributed by atoms with E-state index in [1.165, 1.54) is 18.2 Å². The van der Waals surface area contributed by atoms with Gasteiger partial charge in [-0.15, -0.1) is 0 Å². The second-order valence-corrected chi connectivity index (χ2v) is 6.00. The molecule has 2 rings (SSSR count). The number of esters is 1. The molecule has 124 valence electrons. The smallest absolute Gasteiger partial charge is 0.314 e.